The molecule has 1 aliphatic rings. The van der Waals surface area contributed by atoms with Gasteiger partial charge in [-0.1, -0.05) is 19.8 Å². The number of nitriles is 1. The average molecular weight is 272 g/mol. The lowest BCUT2D eigenvalue weighted by molar-refractivity contribution is 0.132. The molecule has 3 nitrogen and oxygen atoms in total. The molecule has 0 radical (unpaired) electrons. The molecule has 1 fully saturated rings. The molecule has 1 aliphatic carbocycles. The molecule has 1 saturated carbocycles. The highest BCUT2D eigenvalue weighted by Gasteiger charge is 2.25. The van der Waals surface area contributed by atoms with Crippen LogP contribution < -0.4 is 4.74 Å². The quantitative estimate of drug-likeness (QED) is 0.840. The SMILES string of the molecule is COc1ccc(C#N)cc1CN(C)C1CCCCC1C. The summed E-state index contributed by atoms with van der Waals surface area (Å²) >= 11 is 0. The molecule has 0 bridgehead atoms. The lowest BCUT2D eigenvalue weighted by Gasteiger charge is -2.36. The van der Waals surface area contributed by atoms with Crippen molar-refractivity contribution in [2.45, 2.75) is 45.2 Å². The summed E-state index contributed by atoms with van der Waals surface area (Å²) in [5, 5.41) is 9.05. The first kappa shape index (κ1) is 14.9. The summed E-state index contributed by atoms with van der Waals surface area (Å²) in [6, 6.07) is 8.50. The van der Waals surface area contributed by atoms with E-state index in [9.17, 15) is 0 Å². The predicted octanol–water partition coefficient (Wildman–Crippen LogP) is 3.58. The topological polar surface area (TPSA) is 36.3 Å². The van der Waals surface area contributed by atoms with E-state index in [4.69, 9.17) is 10.00 Å². The van der Waals surface area contributed by atoms with Crippen molar-refractivity contribution in [1.29, 1.82) is 5.26 Å². The minimum atomic E-state index is 0.638. The summed E-state index contributed by atoms with van der Waals surface area (Å²) in [6.45, 7) is 3.19. The fourth-order valence-corrected chi connectivity index (χ4v) is 3.31. The molecule has 0 amide bonds. The molecule has 108 valence electrons. The van der Waals surface area contributed by atoms with Gasteiger partial charge in [0, 0.05) is 18.2 Å². The molecule has 2 rings (SSSR count). The molecule has 3 heteroatoms. The van der Waals surface area contributed by atoms with Crippen LogP contribution in [0.1, 0.15) is 43.7 Å². The van der Waals surface area contributed by atoms with E-state index in [-0.39, 0.29) is 0 Å². The van der Waals surface area contributed by atoms with Gasteiger partial charge in [-0.25, -0.2) is 0 Å². The lowest BCUT2D eigenvalue weighted by Crippen LogP contribution is -2.38. The smallest absolute Gasteiger partial charge is 0.123 e. The highest BCUT2D eigenvalue weighted by molar-refractivity contribution is 5.42. The summed E-state index contributed by atoms with van der Waals surface area (Å²) in [6.07, 6.45) is 5.29. The Labute approximate surface area is 122 Å². The number of rotatable bonds is 4. The molecule has 0 heterocycles. The van der Waals surface area contributed by atoms with Gasteiger partial charge < -0.3 is 4.74 Å². The Morgan fingerprint density at radius 1 is 1.35 bits per heavy atom. The lowest BCUT2D eigenvalue weighted by atomic mass is 9.85. The molecule has 0 spiro atoms. The van der Waals surface area contributed by atoms with Crippen molar-refractivity contribution in [2.75, 3.05) is 14.2 Å². The summed E-state index contributed by atoms with van der Waals surface area (Å²) in [4.78, 5) is 2.42. The van der Waals surface area contributed by atoms with Gasteiger partial charge in [0.25, 0.3) is 0 Å². The van der Waals surface area contributed by atoms with Crippen molar-refractivity contribution in [1.82, 2.24) is 4.90 Å². The van der Waals surface area contributed by atoms with Crippen LogP contribution in [0.25, 0.3) is 0 Å². The van der Waals surface area contributed by atoms with Crippen molar-refractivity contribution in [2.24, 2.45) is 5.92 Å². The largest absolute Gasteiger partial charge is 0.496 e. The maximum Gasteiger partial charge on any atom is 0.123 e. The highest BCUT2D eigenvalue weighted by Crippen LogP contribution is 2.29. The van der Waals surface area contributed by atoms with Crippen molar-refractivity contribution in [3.8, 4) is 11.8 Å². The van der Waals surface area contributed by atoms with Crippen LogP contribution in [-0.2, 0) is 6.54 Å². The number of nitrogens with zero attached hydrogens (tertiary/aromatic N) is 2. The zero-order valence-electron chi connectivity index (χ0n) is 12.7. The molecule has 0 aliphatic heterocycles. The Bertz CT molecular complexity index is 492. The predicted molar refractivity (Wildman–Crippen MR) is 80.6 cm³/mol. The van der Waals surface area contributed by atoms with Crippen LogP contribution in [0.3, 0.4) is 0 Å². The molecule has 2 atom stereocenters. The van der Waals surface area contributed by atoms with Gasteiger partial charge in [-0.15, -0.1) is 0 Å². The zero-order valence-corrected chi connectivity index (χ0v) is 12.7. The van der Waals surface area contributed by atoms with E-state index < -0.39 is 0 Å². The van der Waals surface area contributed by atoms with Gasteiger partial charge >= 0.3 is 0 Å². The van der Waals surface area contributed by atoms with Gasteiger partial charge in [-0.3, -0.25) is 4.90 Å². The van der Waals surface area contributed by atoms with Crippen LogP contribution in [0, 0.1) is 17.2 Å². The third-order valence-electron chi connectivity index (χ3n) is 4.46. The van der Waals surface area contributed by atoms with Gasteiger partial charge in [0.2, 0.25) is 0 Å². The fourth-order valence-electron chi connectivity index (χ4n) is 3.31. The molecular formula is C17H24N2O. The molecule has 20 heavy (non-hydrogen) atoms. The summed E-state index contributed by atoms with van der Waals surface area (Å²) < 4.78 is 5.42. The summed E-state index contributed by atoms with van der Waals surface area (Å²) in [5.41, 5.74) is 1.80. The standard InChI is InChI=1S/C17H24N2O/c1-13-6-4-5-7-16(13)19(2)12-15-10-14(11-18)8-9-17(15)20-3/h8-10,13,16H,4-7,12H2,1-3H3. The monoisotopic (exact) mass is 272 g/mol. The van der Waals surface area contributed by atoms with Gasteiger partial charge in [0.1, 0.15) is 5.75 Å². The fraction of sp³-hybridized carbons (Fsp3) is 0.588. The number of methoxy groups -OCH3 is 1. The van der Waals surface area contributed by atoms with Gasteiger partial charge in [-0.05, 0) is 44.0 Å². The highest BCUT2D eigenvalue weighted by atomic mass is 16.5. The third-order valence-corrected chi connectivity index (χ3v) is 4.46. The second-order valence-corrected chi connectivity index (χ2v) is 5.88. The number of hydrogen-bond donors (Lipinski definition) is 0. The second kappa shape index (κ2) is 6.76. The Morgan fingerprint density at radius 3 is 2.75 bits per heavy atom. The zero-order chi connectivity index (χ0) is 14.5. The van der Waals surface area contributed by atoms with Crippen LogP contribution in [0.2, 0.25) is 0 Å². The van der Waals surface area contributed by atoms with E-state index in [1.807, 2.05) is 18.2 Å². The number of ether oxygens (including phenoxy) is 1. The van der Waals surface area contributed by atoms with Crippen molar-refractivity contribution in [3.63, 3.8) is 0 Å². The van der Waals surface area contributed by atoms with Gasteiger partial charge in [0.15, 0.2) is 0 Å². The molecule has 1 aromatic carbocycles. The van der Waals surface area contributed by atoms with E-state index in [1.54, 1.807) is 7.11 Å². The van der Waals surface area contributed by atoms with Gasteiger partial charge in [0.05, 0.1) is 18.7 Å². The second-order valence-electron chi connectivity index (χ2n) is 5.88. The van der Waals surface area contributed by atoms with Gasteiger partial charge in [-0.2, -0.15) is 5.26 Å². The van der Waals surface area contributed by atoms with Crippen molar-refractivity contribution >= 4 is 0 Å². The number of hydrogen-bond acceptors (Lipinski definition) is 3. The first-order valence-corrected chi connectivity index (χ1v) is 7.43. The minimum Gasteiger partial charge on any atom is -0.496 e. The van der Waals surface area contributed by atoms with Crippen LogP contribution in [0.5, 0.6) is 5.75 Å². The van der Waals surface area contributed by atoms with E-state index in [0.717, 1.165) is 23.8 Å². The molecule has 1 aromatic rings. The average Bonchev–Trinajstić information content (AvgIpc) is 2.47. The van der Waals surface area contributed by atoms with Crippen LogP contribution in [0.4, 0.5) is 0 Å². The molecule has 0 N–H and O–H groups in total. The summed E-state index contributed by atoms with van der Waals surface area (Å²) in [5.74, 6) is 1.62. The Balaban J connectivity index is 2.14. The van der Waals surface area contributed by atoms with E-state index in [2.05, 4.69) is 24.9 Å². The van der Waals surface area contributed by atoms with E-state index >= 15 is 0 Å². The third kappa shape index (κ3) is 3.32. The van der Waals surface area contributed by atoms with E-state index in [0.29, 0.717) is 11.6 Å². The Morgan fingerprint density at radius 2 is 2.10 bits per heavy atom. The summed E-state index contributed by atoms with van der Waals surface area (Å²) in [7, 11) is 3.87. The molecule has 0 saturated heterocycles. The van der Waals surface area contributed by atoms with Crippen LogP contribution >= 0.6 is 0 Å². The van der Waals surface area contributed by atoms with E-state index in [1.165, 1.54) is 25.7 Å². The first-order chi connectivity index (χ1) is 9.65. The minimum absolute atomic E-state index is 0.638. The maximum atomic E-state index is 9.05. The number of benzene rings is 1. The van der Waals surface area contributed by atoms with Crippen molar-refractivity contribution in [3.05, 3.63) is 29.3 Å². The Hall–Kier alpha value is -1.53. The normalized spacial score (nSPS) is 22.6. The first-order valence-electron chi connectivity index (χ1n) is 7.43. The molecule has 2 unspecified atom stereocenters. The molecule has 0 aromatic heterocycles. The van der Waals surface area contributed by atoms with Crippen molar-refractivity contribution < 1.29 is 4.74 Å². The van der Waals surface area contributed by atoms with Crippen LogP contribution in [-0.4, -0.2) is 25.1 Å². The maximum absolute atomic E-state index is 9.05. The van der Waals surface area contributed by atoms with Crippen LogP contribution in [0.15, 0.2) is 18.2 Å². The molecular weight excluding hydrogens is 248 g/mol. The Kier molecular flexibility index (Phi) is 5.03.